The molecule has 1 atom stereocenters. The normalized spacial score (nSPS) is 12.3. The van der Waals surface area contributed by atoms with Crippen LogP contribution in [0.1, 0.15) is 37.5 Å². The van der Waals surface area contributed by atoms with E-state index in [2.05, 4.69) is 37.2 Å². The molecule has 0 aliphatic heterocycles. The van der Waals surface area contributed by atoms with Gasteiger partial charge in [0.25, 0.3) is 10.0 Å². The van der Waals surface area contributed by atoms with E-state index in [1.165, 1.54) is 17.0 Å². The van der Waals surface area contributed by atoms with E-state index in [1.807, 2.05) is 82.3 Å². The van der Waals surface area contributed by atoms with Crippen LogP contribution in [0.4, 0.5) is 5.69 Å². The summed E-state index contributed by atoms with van der Waals surface area (Å²) in [5, 5.41) is 3.05. The monoisotopic (exact) mass is 753 g/mol. The van der Waals surface area contributed by atoms with E-state index in [0.29, 0.717) is 5.69 Å². The Morgan fingerprint density at radius 2 is 1.42 bits per heavy atom. The minimum atomic E-state index is -4.16. The predicted molar refractivity (Wildman–Crippen MR) is 186 cm³/mol. The topological polar surface area (TPSA) is 86.8 Å². The van der Waals surface area contributed by atoms with Crippen molar-refractivity contribution in [3.05, 3.63) is 129 Å². The van der Waals surface area contributed by atoms with E-state index in [-0.39, 0.29) is 23.8 Å². The number of hydrogen-bond donors (Lipinski definition) is 1. The highest BCUT2D eigenvalue weighted by atomic mass is 79.9. The van der Waals surface area contributed by atoms with Crippen molar-refractivity contribution in [2.45, 2.75) is 57.1 Å². The molecule has 0 unspecified atom stereocenters. The fraction of sp³-hybridized carbons (Fsp3) is 0.257. The van der Waals surface area contributed by atoms with Crippen LogP contribution in [0, 0.1) is 6.92 Å². The zero-order valence-electron chi connectivity index (χ0n) is 25.7. The van der Waals surface area contributed by atoms with Gasteiger partial charge in [0.05, 0.1) is 10.6 Å². The number of hydrogen-bond acceptors (Lipinski definition) is 4. The van der Waals surface area contributed by atoms with Gasteiger partial charge in [0.1, 0.15) is 12.6 Å². The highest BCUT2D eigenvalue weighted by Gasteiger charge is 2.35. The molecule has 0 saturated carbocycles. The van der Waals surface area contributed by atoms with Crippen molar-refractivity contribution < 1.29 is 18.0 Å². The molecule has 0 fully saturated rings. The number of benzene rings is 4. The molecule has 0 aromatic heterocycles. The lowest BCUT2D eigenvalue weighted by molar-refractivity contribution is -0.140. The highest BCUT2D eigenvalue weighted by Crippen LogP contribution is 2.27. The summed E-state index contributed by atoms with van der Waals surface area (Å²) in [6, 6.07) is 29.3. The fourth-order valence-corrected chi connectivity index (χ4v) is 6.94. The first-order valence-electron chi connectivity index (χ1n) is 14.5. The Bertz CT molecular complexity index is 1720. The number of amides is 2. The molecular weight excluding hydrogens is 718 g/mol. The fourth-order valence-electron chi connectivity index (χ4n) is 4.81. The van der Waals surface area contributed by atoms with Crippen molar-refractivity contribution in [1.82, 2.24) is 10.2 Å². The Morgan fingerprint density at radius 3 is 2.02 bits per heavy atom. The second-order valence-corrected chi connectivity index (χ2v) is 15.6. The van der Waals surface area contributed by atoms with E-state index >= 15 is 0 Å². The maximum Gasteiger partial charge on any atom is 0.264 e. The molecule has 0 saturated heterocycles. The summed E-state index contributed by atoms with van der Waals surface area (Å²) in [7, 11) is -4.16. The largest absolute Gasteiger partial charge is 0.350 e. The van der Waals surface area contributed by atoms with E-state index < -0.39 is 34.1 Å². The van der Waals surface area contributed by atoms with Crippen molar-refractivity contribution >= 4 is 59.4 Å². The van der Waals surface area contributed by atoms with Crippen LogP contribution in [0.15, 0.2) is 117 Å². The second-order valence-electron chi connectivity index (χ2n) is 11.9. The van der Waals surface area contributed by atoms with Gasteiger partial charge in [-0.1, -0.05) is 92.0 Å². The molecule has 0 radical (unpaired) electrons. The molecule has 45 heavy (non-hydrogen) atoms. The van der Waals surface area contributed by atoms with Crippen molar-refractivity contribution in [3.8, 4) is 0 Å². The maximum absolute atomic E-state index is 14.5. The number of sulfonamides is 1. The molecule has 0 spiro atoms. The minimum Gasteiger partial charge on any atom is -0.350 e. The smallest absolute Gasteiger partial charge is 0.264 e. The number of rotatable bonds is 11. The first kappa shape index (κ1) is 34.4. The lowest BCUT2D eigenvalue weighted by Gasteiger charge is -2.35. The molecule has 4 aromatic carbocycles. The standard InChI is InChI=1S/C35H37Br2N3O4S/c1-25-13-19-31(20-14-25)45(43,44)40(30-17-15-28(36)16-18-30)24-33(41)39(23-27-11-8-12-29(37)21-27)32(34(42)38-35(2,3)4)22-26-9-6-5-7-10-26/h5-21,32H,22-24H2,1-4H3,(H,38,42)/t32-/m1/s1. The minimum absolute atomic E-state index is 0.0636. The Kier molecular flexibility index (Phi) is 11.3. The van der Waals surface area contributed by atoms with Gasteiger partial charge in [0.2, 0.25) is 11.8 Å². The van der Waals surface area contributed by atoms with Gasteiger partial charge < -0.3 is 10.2 Å². The van der Waals surface area contributed by atoms with Gasteiger partial charge in [-0.25, -0.2) is 8.42 Å². The molecule has 0 heterocycles. The third kappa shape index (κ3) is 9.51. The molecular formula is C35H37Br2N3O4S. The quantitative estimate of drug-likeness (QED) is 0.175. The van der Waals surface area contributed by atoms with Gasteiger partial charge in [-0.3, -0.25) is 13.9 Å². The number of carbonyl (C=O) groups excluding carboxylic acids is 2. The summed E-state index contributed by atoms with van der Waals surface area (Å²) in [6.45, 7) is 7.10. The second kappa shape index (κ2) is 14.7. The van der Waals surface area contributed by atoms with Crippen LogP contribution in [-0.4, -0.2) is 43.3 Å². The van der Waals surface area contributed by atoms with Crippen LogP contribution >= 0.6 is 31.9 Å². The Morgan fingerprint density at radius 1 is 0.800 bits per heavy atom. The van der Waals surface area contributed by atoms with E-state index in [4.69, 9.17) is 0 Å². The van der Waals surface area contributed by atoms with E-state index in [0.717, 1.165) is 29.9 Å². The molecule has 236 valence electrons. The summed E-state index contributed by atoms with van der Waals surface area (Å²) >= 11 is 6.92. The number of aryl methyl sites for hydroxylation is 1. The van der Waals surface area contributed by atoms with E-state index in [9.17, 15) is 18.0 Å². The first-order valence-corrected chi connectivity index (χ1v) is 17.5. The van der Waals surface area contributed by atoms with Gasteiger partial charge in [0.15, 0.2) is 0 Å². The van der Waals surface area contributed by atoms with Crippen LogP contribution in [0.2, 0.25) is 0 Å². The molecule has 0 aliphatic carbocycles. The van der Waals surface area contributed by atoms with Crippen LogP contribution in [0.25, 0.3) is 0 Å². The maximum atomic E-state index is 14.5. The van der Waals surface area contributed by atoms with Gasteiger partial charge in [-0.15, -0.1) is 0 Å². The van der Waals surface area contributed by atoms with Crippen molar-refractivity contribution in [1.29, 1.82) is 0 Å². The number of anilines is 1. The summed E-state index contributed by atoms with van der Waals surface area (Å²) in [4.78, 5) is 30.1. The van der Waals surface area contributed by atoms with Gasteiger partial charge in [-0.05, 0) is 87.4 Å². The zero-order valence-corrected chi connectivity index (χ0v) is 29.7. The Hall–Kier alpha value is -3.47. The van der Waals surface area contributed by atoms with Crippen LogP contribution in [-0.2, 0) is 32.6 Å². The van der Waals surface area contributed by atoms with Gasteiger partial charge in [-0.2, -0.15) is 0 Å². The molecule has 0 bridgehead atoms. The highest BCUT2D eigenvalue weighted by molar-refractivity contribution is 9.10. The third-order valence-corrected chi connectivity index (χ3v) is 9.82. The molecule has 7 nitrogen and oxygen atoms in total. The zero-order chi connectivity index (χ0) is 32.8. The molecule has 4 aromatic rings. The summed E-state index contributed by atoms with van der Waals surface area (Å²) in [5.41, 5.74) is 2.34. The van der Waals surface area contributed by atoms with Crippen LogP contribution < -0.4 is 9.62 Å². The van der Waals surface area contributed by atoms with Crippen molar-refractivity contribution in [2.24, 2.45) is 0 Å². The van der Waals surface area contributed by atoms with Gasteiger partial charge >= 0.3 is 0 Å². The number of nitrogens with one attached hydrogen (secondary N) is 1. The lowest BCUT2D eigenvalue weighted by Crippen LogP contribution is -2.56. The molecule has 10 heteroatoms. The average molecular weight is 756 g/mol. The summed E-state index contributed by atoms with van der Waals surface area (Å²) < 4.78 is 31.0. The average Bonchev–Trinajstić information content (AvgIpc) is 2.98. The lowest BCUT2D eigenvalue weighted by atomic mass is 10.0. The Labute approximate surface area is 283 Å². The van der Waals surface area contributed by atoms with Crippen LogP contribution in [0.3, 0.4) is 0 Å². The number of carbonyl (C=O) groups is 2. The Balaban J connectivity index is 1.81. The number of nitrogens with zero attached hydrogens (tertiary/aromatic N) is 2. The third-order valence-electron chi connectivity index (χ3n) is 7.01. The summed E-state index contributed by atoms with van der Waals surface area (Å²) in [5.74, 6) is -0.843. The molecule has 0 aliphatic rings. The van der Waals surface area contributed by atoms with Crippen molar-refractivity contribution in [2.75, 3.05) is 10.8 Å². The predicted octanol–water partition coefficient (Wildman–Crippen LogP) is 7.27. The summed E-state index contributed by atoms with van der Waals surface area (Å²) in [6.07, 6.45) is 0.242. The molecule has 4 rings (SSSR count). The van der Waals surface area contributed by atoms with E-state index in [1.54, 1.807) is 36.4 Å². The van der Waals surface area contributed by atoms with Gasteiger partial charge in [0, 0.05) is 27.4 Å². The SMILES string of the molecule is Cc1ccc(S(=O)(=O)N(CC(=O)N(Cc2cccc(Br)c2)[C@H](Cc2ccccc2)C(=O)NC(C)(C)C)c2ccc(Br)cc2)cc1. The van der Waals surface area contributed by atoms with Crippen molar-refractivity contribution in [3.63, 3.8) is 0 Å². The van der Waals surface area contributed by atoms with Crippen LogP contribution in [0.5, 0.6) is 0 Å². The molecule has 2 amide bonds. The molecule has 1 N–H and O–H groups in total. The number of halogens is 2. The first-order chi connectivity index (χ1) is 21.2.